The van der Waals surface area contributed by atoms with Crippen LogP contribution in [-0.2, 0) is 12.8 Å². The number of carbonyl (C=O) groups excluding carboxylic acids is 1. The smallest absolute Gasteiger partial charge is 0.275 e. The zero-order valence-electron chi connectivity index (χ0n) is 14.1. The van der Waals surface area contributed by atoms with E-state index in [-0.39, 0.29) is 11.9 Å². The lowest BCUT2D eigenvalue weighted by atomic mass is 9.96. The van der Waals surface area contributed by atoms with Gasteiger partial charge in [0.25, 0.3) is 5.91 Å². The molecule has 2 N–H and O–H groups in total. The molecule has 3 aromatic heterocycles. The molecule has 0 bridgehead atoms. The van der Waals surface area contributed by atoms with E-state index >= 15 is 0 Å². The summed E-state index contributed by atoms with van der Waals surface area (Å²) in [5.74, 6) is -0.0823. The van der Waals surface area contributed by atoms with Crippen LogP contribution in [0.15, 0.2) is 36.9 Å². The van der Waals surface area contributed by atoms with Crippen molar-refractivity contribution in [2.75, 3.05) is 6.54 Å². The van der Waals surface area contributed by atoms with Crippen molar-refractivity contribution in [2.24, 2.45) is 0 Å². The van der Waals surface area contributed by atoms with Gasteiger partial charge < -0.3 is 9.88 Å². The van der Waals surface area contributed by atoms with Gasteiger partial charge in [0, 0.05) is 36.7 Å². The first-order chi connectivity index (χ1) is 12.3. The molecule has 7 nitrogen and oxygen atoms in total. The number of nitrogens with zero attached hydrogens (tertiary/aromatic N) is 4. The number of amides is 1. The first-order valence-corrected chi connectivity index (χ1v) is 8.55. The molecule has 128 valence electrons. The summed E-state index contributed by atoms with van der Waals surface area (Å²) in [4.78, 5) is 26.8. The highest BCUT2D eigenvalue weighted by Crippen LogP contribution is 2.33. The predicted molar refractivity (Wildman–Crippen MR) is 92.0 cm³/mol. The van der Waals surface area contributed by atoms with E-state index in [0.717, 1.165) is 41.9 Å². The molecule has 0 spiro atoms. The fraction of sp³-hybridized carbons (Fsp3) is 0.333. The second-order valence-corrected chi connectivity index (χ2v) is 6.23. The first-order valence-electron chi connectivity index (χ1n) is 8.55. The van der Waals surface area contributed by atoms with Gasteiger partial charge in [0.1, 0.15) is 11.7 Å². The van der Waals surface area contributed by atoms with E-state index in [0.29, 0.717) is 12.2 Å². The number of hydrogen-bond acceptors (Lipinski definition) is 4. The van der Waals surface area contributed by atoms with Crippen LogP contribution in [0.2, 0.25) is 0 Å². The number of pyridine rings is 1. The number of rotatable bonds is 4. The molecule has 25 heavy (non-hydrogen) atoms. The quantitative estimate of drug-likeness (QED) is 0.765. The Morgan fingerprint density at radius 1 is 1.44 bits per heavy atom. The van der Waals surface area contributed by atoms with Crippen molar-refractivity contribution in [3.63, 3.8) is 0 Å². The molecule has 3 aromatic rings. The van der Waals surface area contributed by atoms with Crippen LogP contribution in [0, 0.1) is 0 Å². The van der Waals surface area contributed by atoms with Gasteiger partial charge in [-0.2, -0.15) is 5.10 Å². The average molecular weight is 336 g/mol. The average Bonchev–Trinajstić information content (AvgIpc) is 3.30. The van der Waals surface area contributed by atoms with Crippen molar-refractivity contribution in [3.8, 4) is 0 Å². The summed E-state index contributed by atoms with van der Waals surface area (Å²) in [6.07, 6.45) is 7.86. The van der Waals surface area contributed by atoms with Gasteiger partial charge in [-0.1, -0.05) is 19.4 Å². The summed E-state index contributed by atoms with van der Waals surface area (Å²) in [6.45, 7) is 2.72. The molecular weight excluding hydrogens is 316 g/mol. The van der Waals surface area contributed by atoms with Crippen LogP contribution in [0.4, 0.5) is 0 Å². The van der Waals surface area contributed by atoms with Gasteiger partial charge in [0.15, 0.2) is 0 Å². The second-order valence-electron chi connectivity index (χ2n) is 6.23. The molecule has 1 atom stereocenters. The summed E-state index contributed by atoms with van der Waals surface area (Å²) in [7, 11) is 0. The number of aryl methyl sites for hydroxylation is 1. The zero-order valence-corrected chi connectivity index (χ0v) is 14.1. The molecule has 1 aliphatic heterocycles. The summed E-state index contributed by atoms with van der Waals surface area (Å²) < 4.78 is 0. The van der Waals surface area contributed by atoms with Crippen molar-refractivity contribution in [1.29, 1.82) is 0 Å². The zero-order chi connectivity index (χ0) is 17.2. The lowest BCUT2D eigenvalue weighted by Crippen LogP contribution is -2.41. The van der Waals surface area contributed by atoms with E-state index < -0.39 is 0 Å². The van der Waals surface area contributed by atoms with E-state index in [2.05, 4.69) is 32.1 Å². The number of carbonyl (C=O) groups is 1. The highest BCUT2D eigenvalue weighted by Gasteiger charge is 2.35. The van der Waals surface area contributed by atoms with Gasteiger partial charge in [0.05, 0.1) is 12.0 Å². The Balaban J connectivity index is 1.70. The Bertz CT molecular complexity index is 869. The molecule has 1 amide bonds. The third-order valence-corrected chi connectivity index (χ3v) is 4.56. The van der Waals surface area contributed by atoms with E-state index in [9.17, 15) is 4.79 Å². The molecule has 0 aromatic carbocycles. The van der Waals surface area contributed by atoms with Gasteiger partial charge in [-0.3, -0.25) is 14.9 Å². The predicted octanol–water partition coefficient (Wildman–Crippen LogP) is 2.27. The highest BCUT2D eigenvalue weighted by molar-refractivity contribution is 5.93. The van der Waals surface area contributed by atoms with Crippen LogP contribution in [0.3, 0.4) is 0 Å². The molecule has 0 fully saturated rings. The maximum absolute atomic E-state index is 13.1. The van der Waals surface area contributed by atoms with E-state index in [1.165, 1.54) is 0 Å². The van der Waals surface area contributed by atoms with Crippen LogP contribution < -0.4 is 0 Å². The number of imidazole rings is 1. The van der Waals surface area contributed by atoms with Crippen molar-refractivity contribution in [3.05, 3.63) is 65.3 Å². The molecular formula is C18H20N6O. The van der Waals surface area contributed by atoms with Gasteiger partial charge >= 0.3 is 0 Å². The largest absolute Gasteiger partial charge is 0.348 e. The van der Waals surface area contributed by atoms with Crippen molar-refractivity contribution in [2.45, 2.75) is 32.2 Å². The summed E-state index contributed by atoms with van der Waals surface area (Å²) in [5, 5.41) is 7.19. The molecule has 0 saturated heterocycles. The van der Waals surface area contributed by atoms with Crippen LogP contribution >= 0.6 is 0 Å². The molecule has 0 aliphatic carbocycles. The first kappa shape index (κ1) is 15.6. The summed E-state index contributed by atoms with van der Waals surface area (Å²) >= 11 is 0. The fourth-order valence-electron chi connectivity index (χ4n) is 3.39. The minimum absolute atomic E-state index is 0.0823. The summed E-state index contributed by atoms with van der Waals surface area (Å²) in [6, 6.07) is 5.47. The Labute approximate surface area is 145 Å². The molecule has 0 radical (unpaired) electrons. The number of H-pyrrole nitrogens is 2. The SMILES string of the molecule is CCCc1cc(C(=O)N2CCc3[nH]cnc3[C@@H]2c2cccnc2)n[nH]1. The minimum Gasteiger partial charge on any atom is -0.348 e. The molecule has 7 heteroatoms. The molecule has 0 saturated carbocycles. The number of nitrogens with one attached hydrogen (secondary N) is 2. The maximum Gasteiger partial charge on any atom is 0.275 e. The molecule has 4 heterocycles. The van der Waals surface area contributed by atoms with Gasteiger partial charge in [-0.05, 0) is 24.1 Å². The number of fused-ring (bicyclic) bond motifs is 1. The van der Waals surface area contributed by atoms with E-state index in [1.807, 2.05) is 23.1 Å². The normalized spacial score (nSPS) is 16.7. The number of aromatic amines is 2. The number of aromatic nitrogens is 5. The Morgan fingerprint density at radius 3 is 3.16 bits per heavy atom. The Morgan fingerprint density at radius 2 is 2.36 bits per heavy atom. The van der Waals surface area contributed by atoms with Crippen LogP contribution in [0.5, 0.6) is 0 Å². The Kier molecular flexibility index (Phi) is 4.05. The van der Waals surface area contributed by atoms with Crippen LogP contribution in [-0.4, -0.2) is 42.5 Å². The van der Waals surface area contributed by atoms with Crippen molar-refractivity contribution < 1.29 is 4.79 Å². The van der Waals surface area contributed by atoms with Crippen LogP contribution in [0.25, 0.3) is 0 Å². The lowest BCUT2D eigenvalue weighted by Gasteiger charge is -2.34. The van der Waals surface area contributed by atoms with E-state index in [1.54, 1.807) is 18.7 Å². The molecule has 4 rings (SSSR count). The topological polar surface area (TPSA) is 90.6 Å². The monoisotopic (exact) mass is 336 g/mol. The minimum atomic E-state index is -0.248. The van der Waals surface area contributed by atoms with Gasteiger partial charge in [0.2, 0.25) is 0 Å². The maximum atomic E-state index is 13.1. The highest BCUT2D eigenvalue weighted by atomic mass is 16.2. The van der Waals surface area contributed by atoms with Crippen LogP contribution in [0.1, 0.15) is 52.5 Å². The molecule has 0 unspecified atom stereocenters. The van der Waals surface area contributed by atoms with Gasteiger partial charge in [-0.15, -0.1) is 0 Å². The third-order valence-electron chi connectivity index (χ3n) is 4.56. The van der Waals surface area contributed by atoms with Gasteiger partial charge in [-0.25, -0.2) is 4.98 Å². The second kappa shape index (κ2) is 6.51. The Hall–Kier alpha value is -2.96. The summed E-state index contributed by atoms with van der Waals surface area (Å²) in [5.41, 5.74) is 4.36. The lowest BCUT2D eigenvalue weighted by molar-refractivity contribution is 0.0684. The third kappa shape index (κ3) is 2.82. The fourth-order valence-corrected chi connectivity index (χ4v) is 3.39. The standard InChI is InChI=1S/C18H20N6O/c1-2-4-13-9-15(23-22-13)18(25)24-8-6-14-16(21-11-20-14)17(24)12-5-3-7-19-10-12/h3,5,7,9-11,17H,2,4,6,8H2,1H3,(H,20,21)(H,22,23)/t17-/m0/s1. The van der Waals surface area contributed by atoms with Crippen molar-refractivity contribution in [1.82, 2.24) is 30.0 Å². The molecule has 1 aliphatic rings. The van der Waals surface area contributed by atoms with Crippen molar-refractivity contribution >= 4 is 5.91 Å². The number of hydrogen-bond donors (Lipinski definition) is 2. The van der Waals surface area contributed by atoms with E-state index in [4.69, 9.17) is 0 Å².